The molecule has 0 aliphatic heterocycles. The maximum absolute atomic E-state index is 13.4. The Balaban J connectivity index is 1.93. The van der Waals surface area contributed by atoms with Crippen LogP contribution in [-0.4, -0.2) is 20.3 Å². The standard InChI is InChI=1S/C16H17BrFNO2/c1-20-7-8-21-14-4-2-3-13(10-14)19-11-12-5-6-15(17)16(18)9-12/h2-6,9-10,19H,7-8,11H2,1H3. The molecule has 0 heterocycles. The first kappa shape index (κ1) is 15.8. The van der Waals surface area contributed by atoms with Crippen molar-refractivity contribution in [3.63, 3.8) is 0 Å². The van der Waals surface area contributed by atoms with Crippen LogP contribution in [0.25, 0.3) is 0 Å². The predicted octanol–water partition coefficient (Wildman–Crippen LogP) is 4.23. The van der Waals surface area contributed by atoms with Crippen molar-refractivity contribution in [1.82, 2.24) is 0 Å². The highest BCUT2D eigenvalue weighted by molar-refractivity contribution is 9.10. The van der Waals surface area contributed by atoms with Gasteiger partial charge in [0.1, 0.15) is 18.2 Å². The van der Waals surface area contributed by atoms with Crippen LogP contribution >= 0.6 is 15.9 Å². The van der Waals surface area contributed by atoms with E-state index in [1.165, 1.54) is 6.07 Å². The minimum atomic E-state index is -0.258. The van der Waals surface area contributed by atoms with Crippen LogP contribution in [-0.2, 0) is 11.3 Å². The van der Waals surface area contributed by atoms with Crippen LogP contribution < -0.4 is 10.1 Å². The number of ether oxygens (including phenoxy) is 2. The quantitative estimate of drug-likeness (QED) is 0.755. The molecule has 5 heteroatoms. The summed E-state index contributed by atoms with van der Waals surface area (Å²) in [6.07, 6.45) is 0. The molecular formula is C16H17BrFNO2. The zero-order valence-electron chi connectivity index (χ0n) is 11.7. The number of rotatable bonds is 7. The monoisotopic (exact) mass is 353 g/mol. The van der Waals surface area contributed by atoms with Crippen LogP contribution in [0.1, 0.15) is 5.56 Å². The Morgan fingerprint density at radius 1 is 1.14 bits per heavy atom. The molecule has 0 aromatic heterocycles. The van der Waals surface area contributed by atoms with Crippen molar-refractivity contribution in [1.29, 1.82) is 0 Å². The molecule has 3 nitrogen and oxygen atoms in total. The predicted molar refractivity (Wildman–Crippen MR) is 85.2 cm³/mol. The van der Waals surface area contributed by atoms with Crippen molar-refractivity contribution in [3.8, 4) is 5.75 Å². The van der Waals surface area contributed by atoms with E-state index >= 15 is 0 Å². The molecule has 0 fully saturated rings. The van der Waals surface area contributed by atoms with Gasteiger partial charge < -0.3 is 14.8 Å². The van der Waals surface area contributed by atoms with Crippen molar-refractivity contribution in [2.75, 3.05) is 25.6 Å². The van der Waals surface area contributed by atoms with Crippen molar-refractivity contribution in [2.24, 2.45) is 0 Å². The Kier molecular flexibility index (Phi) is 6.02. The van der Waals surface area contributed by atoms with Gasteiger partial charge in [0.05, 0.1) is 11.1 Å². The van der Waals surface area contributed by atoms with Crippen molar-refractivity contribution >= 4 is 21.6 Å². The van der Waals surface area contributed by atoms with Crippen LogP contribution in [0.15, 0.2) is 46.9 Å². The van der Waals surface area contributed by atoms with Gasteiger partial charge in [0.15, 0.2) is 0 Å². The first-order valence-electron chi connectivity index (χ1n) is 6.58. The number of hydrogen-bond acceptors (Lipinski definition) is 3. The van der Waals surface area contributed by atoms with E-state index in [0.717, 1.165) is 17.0 Å². The molecule has 112 valence electrons. The fourth-order valence-corrected chi connectivity index (χ4v) is 2.04. The van der Waals surface area contributed by atoms with E-state index in [9.17, 15) is 4.39 Å². The zero-order valence-corrected chi connectivity index (χ0v) is 13.3. The maximum atomic E-state index is 13.4. The second kappa shape index (κ2) is 8.00. The van der Waals surface area contributed by atoms with Gasteiger partial charge in [0.2, 0.25) is 0 Å². The molecule has 0 bridgehead atoms. The summed E-state index contributed by atoms with van der Waals surface area (Å²) in [6, 6.07) is 12.7. The van der Waals surface area contributed by atoms with E-state index < -0.39 is 0 Å². The Morgan fingerprint density at radius 3 is 2.76 bits per heavy atom. The molecule has 0 saturated carbocycles. The molecular weight excluding hydrogens is 337 g/mol. The summed E-state index contributed by atoms with van der Waals surface area (Å²) in [6.45, 7) is 1.61. The summed E-state index contributed by atoms with van der Waals surface area (Å²) in [5.41, 5.74) is 1.80. The van der Waals surface area contributed by atoms with Crippen LogP contribution in [0.4, 0.5) is 10.1 Å². The minimum absolute atomic E-state index is 0.258. The first-order valence-corrected chi connectivity index (χ1v) is 7.38. The molecule has 21 heavy (non-hydrogen) atoms. The van der Waals surface area contributed by atoms with Gasteiger partial charge >= 0.3 is 0 Å². The van der Waals surface area contributed by atoms with E-state index in [4.69, 9.17) is 9.47 Å². The molecule has 2 aromatic carbocycles. The van der Waals surface area contributed by atoms with Crippen LogP contribution in [0.5, 0.6) is 5.75 Å². The zero-order chi connectivity index (χ0) is 15.1. The molecule has 0 aliphatic carbocycles. The average Bonchev–Trinajstić information content (AvgIpc) is 2.49. The fraction of sp³-hybridized carbons (Fsp3) is 0.250. The lowest BCUT2D eigenvalue weighted by Crippen LogP contribution is -2.05. The molecule has 2 rings (SSSR count). The van der Waals surface area contributed by atoms with Crippen molar-refractivity contribution < 1.29 is 13.9 Å². The Morgan fingerprint density at radius 2 is 2.00 bits per heavy atom. The summed E-state index contributed by atoms with van der Waals surface area (Å²) < 4.78 is 24.4. The number of hydrogen-bond donors (Lipinski definition) is 1. The van der Waals surface area contributed by atoms with E-state index in [1.807, 2.05) is 30.3 Å². The van der Waals surface area contributed by atoms with Crippen LogP contribution in [0.3, 0.4) is 0 Å². The summed E-state index contributed by atoms with van der Waals surface area (Å²) in [5.74, 6) is 0.519. The number of benzene rings is 2. The fourth-order valence-electron chi connectivity index (χ4n) is 1.79. The van der Waals surface area contributed by atoms with E-state index in [-0.39, 0.29) is 5.82 Å². The number of nitrogens with one attached hydrogen (secondary N) is 1. The highest BCUT2D eigenvalue weighted by Crippen LogP contribution is 2.20. The van der Waals surface area contributed by atoms with Crippen molar-refractivity contribution in [3.05, 3.63) is 58.3 Å². The third-order valence-electron chi connectivity index (χ3n) is 2.87. The third kappa shape index (κ3) is 5.02. The summed E-state index contributed by atoms with van der Waals surface area (Å²) in [4.78, 5) is 0. The molecule has 1 N–H and O–H groups in total. The van der Waals surface area contributed by atoms with Gasteiger partial charge in [-0.05, 0) is 45.8 Å². The highest BCUT2D eigenvalue weighted by atomic mass is 79.9. The Bertz CT molecular complexity index is 592. The van der Waals surface area contributed by atoms with E-state index in [2.05, 4.69) is 21.2 Å². The van der Waals surface area contributed by atoms with E-state index in [1.54, 1.807) is 13.2 Å². The topological polar surface area (TPSA) is 30.5 Å². The molecule has 2 aromatic rings. The Labute approximate surface area is 132 Å². The lowest BCUT2D eigenvalue weighted by molar-refractivity contribution is 0.146. The van der Waals surface area contributed by atoms with Gasteiger partial charge in [-0.25, -0.2) is 4.39 Å². The molecule has 0 aliphatic rings. The summed E-state index contributed by atoms with van der Waals surface area (Å²) in [5, 5.41) is 3.25. The van der Waals surface area contributed by atoms with Gasteiger partial charge in [-0.1, -0.05) is 12.1 Å². The van der Waals surface area contributed by atoms with Gasteiger partial charge in [-0.3, -0.25) is 0 Å². The number of methoxy groups -OCH3 is 1. The van der Waals surface area contributed by atoms with Gasteiger partial charge in [-0.15, -0.1) is 0 Å². The second-order valence-electron chi connectivity index (χ2n) is 4.47. The smallest absolute Gasteiger partial charge is 0.137 e. The lowest BCUT2D eigenvalue weighted by Gasteiger charge is -2.10. The highest BCUT2D eigenvalue weighted by Gasteiger charge is 2.01. The minimum Gasteiger partial charge on any atom is -0.491 e. The third-order valence-corrected chi connectivity index (χ3v) is 3.51. The van der Waals surface area contributed by atoms with Crippen LogP contribution in [0.2, 0.25) is 0 Å². The van der Waals surface area contributed by atoms with Crippen molar-refractivity contribution in [2.45, 2.75) is 6.54 Å². The molecule has 0 radical (unpaired) electrons. The average molecular weight is 354 g/mol. The van der Waals surface area contributed by atoms with E-state index in [0.29, 0.717) is 24.2 Å². The van der Waals surface area contributed by atoms with Gasteiger partial charge in [0, 0.05) is 25.4 Å². The molecule has 0 unspecified atom stereocenters. The summed E-state index contributed by atoms with van der Waals surface area (Å²) >= 11 is 3.14. The first-order chi connectivity index (χ1) is 10.2. The van der Waals surface area contributed by atoms with Gasteiger partial charge in [0.25, 0.3) is 0 Å². The molecule has 0 atom stereocenters. The normalized spacial score (nSPS) is 10.4. The molecule has 0 saturated heterocycles. The lowest BCUT2D eigenvalue weighted by atomic mass is 10.2. The van der Waals surface area contributed by atoms with Crippen LogP contribution in [0, 0.1) is 5.82 Å². The molecule has 0 amide bonds. The number of anilines is 1. The Hall–Kier alpha value is -1.59. The summed E-state index contributed by atoms with van der Waals surface area (Å²) in [7, 11) is 1.64. The SMILES string of the molecule is COCCOc1cccc(NCc2ccc(Br)c(F)c2)c1. The number of halogens is 2. The molecule has 0 spiro atoms. The second-order valence-corrected chi connectivity index (χ2v) is 5.33. The van der Waals surface area contributed by atoms with Gasteiger partial charge in [-0.2, -0.15) is 0 Å². The maximum Gasteiger partial charge on any atom is 0.137 e. The largest absolute Gasteiger partial charge is 0.491 e.